The lowest BCUT2D eigenvalue weighted by molar-refractivity contribution is -0.114. The quantitative estimate of drug-likeness (QED) is 0.817. The van der Waals surface area contributed by atoms with Crippen LogP contribution in [0.15, 0.2) is 18.2 Å². The molecule has 0 bridgehead atoms. The number of carbonyl (C=O) groups excluding carboxylic acids is 3. The smallest absolute Gasteiger partial charge is 0.337 e. The summed E-state index contributed by atoms with van der Waals surface area (Å²) in [6, 6.07) is 4.17. The molecule has 1 N–H and O–H groups in total. The average molecular weight is 251 g/mol. The summed E-state index contributed by atoms with van der Waals surface area (Å²) in [4.78, 5) is 33.8. The van der Waals surface area contributed by atoms with E-state index in [1.54, 1.807) is 0 Å². The van der Waals surface area contributed by atoms with Gasteiger partial charge in [0.25, 0.3) is 0 Å². The van der Waals surface area contributed by atoms with Crippen LogP contribution in [0.5, 0.6) is 0 Å². The van der Waals surface area contributed by atoms with Crippen molar-refractivity contribution in [2.75, 3.05) is 19.5 Å². The van der Waals surface area contributed by atoms with Crippen molar-refractivity contribution in [1.29, 1.82) is 0 Å². The molecule has 18 heavy (non-hydrogen) atoms. The van der Waals surface area contributed by atoms with Gasteiger partial charge in [0.1, 0.15) is 0 Å². The molecular weight excluding hydrogens is 238 g/mol. The first-order valence-corrected chi connectivity index (χ1v) is 5.07. The third-order valence-electron chi connectivity index (χ3n) is 2.10. The second kappa shape index (κ2) is 5.81. The van der Waals surface area contributed by atoms with Gasteiger partial charge >= 0.3 is 11.9 Å². The van der Waals surface area contributed by atoms with E-state index in [0.29, 0.717) is 5.69 Å². The summed E-state index contributed by atoms with van der Waals surface area (Å²) in [5, 5.41) is 2.49. The van der Waals surface area contributed by atoms with E-state index in [9.17, 15) is 14.4 Å². The molecule has 1 amide bonds. The van der Waals surface area contributed by atoms with Crippen LogP contribution in [0.1, 0.15) is 27.6 Å². The third kappa shape index (κ3) is 3.31. The normalized spacial score (nSPS) is 9.50. The molecule has 0 aliphatic rings. The molecule has 1 aromatic carbocycles. The van der Waals surface area contributed by atoms with E-state index < -0.39 is 11.9 Å². The van der Waals surface area contributed by atoms with Crippen LogP contribution in [0.2, 0.25) is 0 Å². The van der Waals surface area contributed by atoms with Crippen LogP contribution in [0, 0.1) is 0 Å². The lowest BCUT2D eigenvalue weighted by Crippen LogP contribution is -2.11. The standard InChI is InChI=1S/C12H13NO5/c1-7(14)13-10-5-8(11(15)17-2)4-9(6-10)12(16)18-3/h4-6H,1-3H3,(H,13,14). The Hall–Kier alpha value is -2.37. The summed E-state index contributed by atoms with van der Waals surface area (Å²) in [5.41, 5.74) is 0.638. The zero-order chi connectivity index (χ0) is 13.7. The Balaban J connectivity index is 3.23. The SMILES string of the molecule is COC(=O)c1cc(NC(C)=O)cc(C(=O)OC)c1. The summed E-state index contributed by atoms with van der Waals surface area (Å²) >= 11 is 0. The van der Waals surface area contributed by atoms with E-state index in [0.717, 1.165) is 0 Å². The van der Waals surface area contributed by atoms with Crippen molar-refractivity contribution < 1.29 is 23.9 Å². The number of methoxy groups -OCH3 is 2. The van der Waals surface area contributed by atoms with Crippen molar-refractivity contribution in [1.82, 2.24) is 0 Å². The van der Waals surface area contributed by atoms with E-state index in [-0.39, 0.29) is 17.0 Å². The summed E-state index contributed by atoms with van der Waals surface area (Å²) in [5.74, 6) is -1.52. The minimum Gasteiger partial charge on any atom is -0.465 e. The summed E-state index contributed by atoms with van der Waals surface area (Å²) in [6.07, 6.45) is 0. The molecular formula is C12H13NO5. The molecule has 0 heterocycles. The molecule has 0 aliphatic carbocycles. The van der Waals surface area contributed by atoms with Crippen molar-refractivity contribution in [3.05, 3.63) is 29.3 Å². The van der Waals surface area contributed by atoms with Gasteiger partial charge in [-0.05, 0) is 18.2 Å². The number of hydrogen-bond acceptors (Lipinski definition) is 5. The molecule has 96 valence electrons. The number of anilines is 1. The van der Waals surface area contributed by atoms with Gasteiger partial charge in [0, 0.05) is 12.6 Å². The van der Waals surface area contributed by atoms with Crippen molar-refractivity contribution in [2.45, 2.75) is 6.92 Å². The Bertz CT molecular complexity index is 461. The fourth-order valence-electron chi connectivity index (χ4n) is 1.37. The van der Waals surface area contributed by atoms with Crippen LogP contribution in [0.4, 0.5) is 5.69 Å². The minimum absolute atomic E-state index is 0.157. The summed E-state index contributed by atoms with van der Waals surface area (Å²) in [6.45, 7) is 1.32. The van der Waals surface area contributed by atoms with Gasteiger partial charge in [0.05, 0.1) is 25.3 Å². The highest BCUT2D eigenvalue weighted by Gasteiger charge is 2.14. The first-order valence-electron chi connectivity index (χ1n) is 5.07. The first kappa shape index (κ1) is 13.7. The molecule has 0 radical (unpaired) electrons. The van der Waals surface area contributed by atoms with E-state index in [1.165, 1.54) is 39.3 Å². The summed E-state index contributed by atoms with van der Waals surface area (Å²) in [7, 11) is 2.45. The van der Waals surface area contributed by atoms with Crippen LogP contribution in [0.3, 0.4) is 0 Å². The molecule has 1 aromatic rings. The van der Waals surface area contributed by atoms with Gasteiger partial charge in [-0.25, -0.2) is 9.59 Å². The maximum absolute atomic E-state index is 11.4. The van der Waals surface area contributed by atoms with Gasteiger partial charge in [0.15, 0.2) is 0 Å². The second-order valence-electron chi connectivity index (χ2n) is 3.46. The van der Waals surface area contributed by atoms with Crippen molar-refractivity contribution >= 4 is 23.5 Å². The maximum atomic E-state index is 11.4. The fraction of sp³-hybridized carbons (Fsp3) is 0.250. The number of ether oxygens (including phenoxy) is 2. The highest BCUT2D eigenvalue weighted by atomic mass is 16.5. The van der Waals surface area contributed by atoms with Crippen LogP contribution in [-0.2, 0) is 14.3 Å². The monoisotopic (exact) mass is 251 g/mol. The van der Waals surface area contributed by atoms with Crippen LogP contribution < -0.4 is 5.32 Å². The molecule has 0 fully saturated rings. The first-order chi connectivity index (χ1) is 8.47. The topological polar surface area (TPSA) is 81.7 Å². The Morgan fingerprint density at radius 1 is 0.944 bits per heavy atom. The number of hydrogen-bond donors (Lipinski definition) is 1. The predicted molar refractivity (Wildman–Crippen MR) is 63.4 cm³/mol. The fourth-order valence-corrected chi connectivity index (χ4v) is 1.37. The van der Waals surface area contributed by atoms with Gasteiger partial charge in [-0.1, -0.05) is 0 Å². The highest BCUT2D eigenvalue weighted by molar-refractivity contribution is 5.99. The third-order valence-corrected chi connectivity index (χ3v) is 2.10. The zero-order valence-corrected chi connectivity index (χ0v) is 10.3. The molecule has 0 atom stereocenters. The molecule has 0 saturated carbocycles. The van der Waals surface area contributed by atoms with Crippen molar-refractivity contribution in [3.63, 3.8) is 0 Å². The number of esters is 2. The summed E-state index contributed by atoms with van der Waals surface area (Å²) < 4.78 is 9.12. The van der Waals surface area contributed by atoms with E-state index in [4.69, 9.17) is 0 Å². The Kier molecular flexibility index (Phi) is 4.42. The number of amides is 1. The molecule has 0 aromatic heterocycles. The Labute approximate surface area is 104 Å². The molecule has 6 heteroatoms. The van der Waals surface area contributed by atoms with E-state index in [1.807, 2.05) is 0 Å². The number of benzene rings is 1. The van der Waals surface area contributed by atoms with E-state index >= 15 is 0 Å². The maximum Gasteiger partial charge on any atom is 0.337 e. The molecule has 0 saturated heterocycles. The molecule has 1 rings (SSSR count). The number of carbonyl (C=O) groups is 3. The Morgan fingerprint density at radius 3 is 1.72 bits per heavy atom. The van der Waals surface area contributed by atoms with Crippen LogP contribution in [-0.4, -0.2) is 32.1 Å². The number of rotatable bonds is 3. The van der Waals surface area contributed by atoms with Gasteiger partial charge in [-0.2, -0.15) is 0 Å². The van der Waals surface area contributed by atoms with Crippen LogP contribution in [0.25, 0.3) is 0 Å². The highest BCUT2D eigenvalue weighted by Crippen LogP contribution is 2.16. The van der Waals surface area contributed by atoms with Gasteiger partial charge < -0.3 is 14.8 Å². The van der Waals surface area contributed by atoms with Crippen molar-refractivity contribution in [2.24, 2.45) is 0 Å². The molecule has 6 nitrogen and oxygen atoms in total. The predicted octanol–water partition coefficient (Wildman–Crippen LogP) is 1.22. The van der Waals surface area contributed by atoms with E-state index in [2.05, 4.69) is 14.8 Å². The average Bonchev–Trinajstić information content (AvgIpc) is 2.35. The lowest BCUT2D eigenvalue weighted by Gasteiger charge is -2.08. The molecule has 0 spiro atoms. The second-order valence-corrected chi connectivity index (χ2v) is 3.46. The van der Waals surface area contributed by atoms with Crippen LogP contribution >= 0.6 is 0 Å². The Morgan fingerprint density at radius 2 is 1.39 bits per heavy atom. The van der Waals surface area contributed by atoms with Gasteiger partial charge in [-0.3, -0.25) is 4.79 Å². The van der Waals surface area contributed by atoms with Crippen molar-refractivity contribution in [3.8, 4) is 0 Å². The van der Waals surface area contributed by atoms with Gasteiger partial charge in [-0.15, -0.1) is 0 Å². The largest absolute Gasteiger partial charge is 0.465 e. The zero-order valence-electron chi connectivity index (χ0n) is 10.3. The van der Waals surface area contributed by atoms with Gasteiger partial charge in [0.2, 0.25) is 5.91 Å². The lowest BCUT2D eigenvalue weighted by atomic mass is 10.1. The molecule has 0 unspecified atom stereocenters. The number of nitrogens with one attached hydrogen (secondary N) is 1. The minimum atomic E-state index is -0.604. The molecule has 0 aliphatic heterocycles.